The van der Waals surface area contributed by atoms with Crippen LogP contribution >= 0.6 is 15.6 Å². The summed E-state index contributed by atoms with van der Waals surface area (Å²) in [6, 6.07) is 1.23. The number of nitrogen functional groups attached to an aromatic ring is 1. The second-order valence-electron chi connectivity index (χ2n) is 16.9. The average molecular weight is 988 g/mol. The van der Waals surface area contributed by atoms with Crippen LogP contribution < -0.4 is 33.5 Å². The van der Waals surface area contributed by atoms with Crippen LogP contribution in [0.1, 0.15) is 200 Å². The average Bonchev–Trinajstić information content (AvgIpc) is 3.52. The highest BCUT2D eigenvalue weighted by Gasteiger charge is 2.45. The Labute approximate surface area is 393 Å². The van der Waals surface area contributed by atoms with E-state index < -0.39 is 83.7 Å². The number of aliphatic hydroxyl groups excluding tert-OH is 2. The summed E-state index contributed by atoms with van der Waals surface area (Å²) in [5, 5.41) is 20.8. The van der Waals surface area contributed by atoms with Gasteiger partial charge in [0.1, 0.15) is 30.7 Å². The summed E-state index contributed by atoms with van der Waals surface area (Å²) in [4.78, 5) is 66.2. The topological polar surface area (TPSA) is 344 Å². The summed E-state index contributed by atoms with van der Waals surface area (Å²) in [6.07, 6.45) is 22.8. The molecule has 2 heterocycles. The van der Waals surface area contributed by atoms with Crippen molar-refractivity contribution in [2.75, 3.05) is 25.6 Å². The maximum absolute atomic E-state index is 12.8. The van der Waals surface area contributed by atoms with Gasteiger partial charge in [-0.2, -0.15) is 4.98 Å². The van der Waals surface area contributed by atoms with Crippen molar-refractivity contribution in [1.82, 2.24) is 21.9 Å². The molecule has 0 radical (unpaired) electrons. The van der Waals surface area contributed by atoms with Crippen LogP contribution in [0, 0.1) is 0 Å². The van der Waals surface area contributed by atoms with E-state index in [1.165, 1.54) is 109 Å². The van der Waals surface area contributed by atoms with Crippen LogP contribution in [0.4, 0.5) is 5.82 Å². The number of carbonyl (C=O) groups excluding carboxylic acids is 2. The van der Waals surface area contributed by atoms with Gasteiger partial charge in [0, 0.05) is 19.0 Å². The smallest absolute Gasteiger partial charge is 0.351 e. The Bertz CT molecular complexity index is 1580. The Morgan fingerprint density at radius 2 is 1.12 bits per heavy atom. The summed E-state index contributed by atoms with van der Waals surface area (Å²) in [5.41, 5.74) is 4.55. The van der Waals surface area contributed by atoms with Crippen LogP contribution in [0.25, 0.3) is 0 Å². The molecule has 0 aliphatic carbocycles. The van der Waals surface area contributed by atoms with Gasteiger partial charge in [-0.05, 0) is 18.9 Å². The van der Waals surface area contributed by atoms with Crippen molar-refractivity contribution in [3.8, 4) is 0 Å². The number of nitrogens with two attached hydrogens (primary N) is 1. The van der Waals surface area contributed by atoms with Crippen LogP contribution in [-0.2, 0) is 46.3 Å². The molecule has 0 aromatic carbocycles. The van der Waals surface area contributed by atoms with Gasteiger partial charge >= 0.3 is 17.6 Å². The van der Waals surface area contributed by atoms with Crippen molar-refractivity contribution in [2.24, 2.45) is 0 Å². The number of nitrogens with zero attached hydrogens (tertiary/aromatic N) is 2. The van der Waals surface area contributed by atoms with Crippen molar-refractivity contribution in [1.29, 1.82) is 0 Å². The SMILES string of the molecule is CCCCCCCCCCCCCCCC(=O)OC[C@H](COP(=O)([O-])OP(=O)([O-])OC[C@H]1O[C@@H](n2ccc(N)nc2=O)[C@H](O)[C@@H]1O)OC(=O)CCCCCCCCCCCCCCC.[NH4+].[NH4+]. The maximum Gasteiger partial charge on any atom is 0.351 e. The van der Waals surface area contributed by atoms with Crippen LogP contribution in [0.3, 0.4) is 0 Å². The quantitative estimate of drug-likeness (QED) is 0.0233. The van der Waals surface area contributed by atoms with E-state index in [0.29, 0.717) is 12.8 Å². The van der Waals surface area contributed by atoms with Crippen LogP contribution in [0.5, 0.6) is 0 Å². The summed E-state index contributed by atoms with van der Waals surface area (Å²) >= 11 is 0. The van der Waals surface area contributed by atoms with E-state index in [1.54, 1.807) is 0 Å². The predicted molar refractivity (Wildman–Crippen MR) is 250 cm³/mol. The zero-order valence-electron chi connectivity index (χ0n) is 40.5. The fourth-order valence-electron chi connectivity index (χ4n) is 7.42. The molecule has 22 heteroatoms. The van der Waals surface area contributed by atoms with Gasteiger partial charge in [-0.25, -0.2) is 9.11 Å². The number of unbranched alkanes of at least 4 members (excludes halogenated alkanes) is 24. The van der Waals surface area contributed by atoms with Crippen LogP contribution in [0.15, 0.2) is 17.1 Å². The van der Waals surface area contributed by atoms with Crippen LogP contribution in [0.2, 0.25) is 0 Å². The van der Waals surface area contributed by atoms with E-state index >= 15 is 0 Å². The number of esters is 2. The lowest BCUT2D eigenvalue weighted by Gasteiger charge is -2.32. The zero-order chi connectivity index (χ0) is 47.1. The highest BCUT2D eigenvalue weighted by molar-refractivity contribution is 7.59. The minimum absolute atomic E-state index is 0. The number of ether oxygens (including phenoxy) is 3. The minimum atomic E-state index is -5.72. The predicted octanol–water partition coefficient (Wildman–Crippen LogP) is 8.60. The first-order valence-corrected chi connectivity index (χ1v) is 26.9. The number of phosphoric acid groups is 2. The molecule has 388 valence electrons. The van der Waals surface area contributed by atoms with Crippen molar-refractivity contribution in [3.05, 3.63) is 22.7 Å². The third kappa shape index (κ3) is 29.5. The molecule has 1 aromatic heterocycles. The summed E-state index contributed by atoms with van der Waals surface area (Å²) in [5.74, 6) is -1.35. The van der Waals surface area contributed by atoms with Crippen molar-refractivity contribution in [3.63, 3.8) is 0 Å². The highest BCUT2D eigenvalue weighted by atomic mass is 31.3. The third-order valence-electron chi connectivity index (χ3n) is 11.2. The van der Waals surface area contributed by atoms with Crippen molar-refractivity contribution in [2.45, 2.75) is 224 Å². The molecular formula is C44H87N5O15P2. The normalized spacial score (nSPS) is 19.2. The Hall–Kier alpha value is -2.32. The molecule has 2 unspecified atom stereocenters. The molecule has 1 saturated heterocycles. The molecule has 66 heavy (non-hydrogen) atoms. The lowest BCUT2D eigenvalue weighted by Crippen LogP contribution is -2.36. The number of aliphatic hydroxyl groups is 2. The standard InChI is InChI=1S/C44H81N3O15P2.2H3N/c1-3-5-7-9-11-13-15-17-19-21-23-25-27-29-39(48)57-33-36(60-40(49)30-28-26-24-22-20-18-16-14-12-10-8-6-4-2)34-58-63(53,54)62-64(55,56)59-35-37-41(50)42(51)43(61-37)47-32-31-38(45)46-44(47)52;;/h31-32,36-37,41-43,50-51H,3-30,33-35H2,1-2H3,(H,53,54)(H,55,56)(H2,45,46,52);2*1H3/t36-,37-,41-,42-,43-;;/m1../s1. The molecule has 7 atom stereocenters. The first kappa shape index (κ1) is 63.7. The third-order valence-corrected chi connectivity index (χ3v) is 13.7. The Morgan fingerprint density at radius 3 is 1.58 bits per heavy atom. The van der Waals surface area contributed by atoms with Crippen molar-refractivity contribution >= 4 is 33.4 Å². The summed E-state index contributed by atoms with van der Waals surface area (Å²) in [7, 11) is -11.4. The highest BCUT2D eigenvalue weighted by Crippen LogP contribution is 2.56. The number of quaternary nitrogens is 2. The van der Waals surface area contributed by atoms with Gasteiger partial charge in [0.25, 0.3) is 15.6 Å². The second-order valence-corrected chi connectivity index (χ2v) is 19.9. The van der Waals surface area contributed by atoms with E-state index in [-0.39, 0.29) is 31.0 Å². The first-order chi connectivity index (χ1) is 30.7. The number of aromatic nitrogens is 2. The maximum atomic E-state index is 12.8. The first-order valence-electron chi connectivity index (χ1n) is 24.0. The molecule has 1 fully saturated rings. The lowest BCUT2D eigenvalue weighted by atomic mass is 10.0. The molecule has 1 aliphatic rings. The Morgan fingerprint density at radius 1 is 0.697 bits per heavy atom. The molecule has 1 aromatic rings. The molecule has 1 aliphatic heterocycles. The van der Waals surface area contributed by atoms with Gasteiger partial charge in [-0.15, -0.1) is 0 Å². The molecule has 0 amide bonds. The molecule has 0 saturated carbocycles. The van der Waals surface area contributed by atoms with E-state index in [0.717, 1.165) is 62.1 Å². The Balaban J connectivity index is 0.0000211. The van der Waals surface area contributed by atoms with E-state index in [9.17, 15) is 43.5 Å². The lowest BCUT2D eigenvalue weighted by molar-refractivity contribution is -0.246. The van der Waals surface area contributed by atoms with Gasteiger partial charge in [0.15, 0.2) is 12.3 Å². The fraction of sp³-hybridized carbons (Fsp3) is 0.864. The van der Waals surface area contributed by atoms with E-state index in [2.05, 4.69) is 27.7 Å². The summed E-state index contributed by atoms with van der Waals surface area (Å²) in [6.45, 7) is 1.93. The number of rotatable bonds is 40. The van der Waals surface area contributed by atoms with Gasteiger partial charge in [0.2, 0.25) is 0 Å². The van der Waals surface area contributed by atoms with Gasteiger partial charge in [0.05, 0.1) is 13.2 Å². The van der Waals surface area contributed by atoms with Gasteiger partial charge < -0.3 is 61.3 Å². The van der Waals surface area contributed by atoms with E-state index in [4.69, 9.17) is 24.5 Å². The monoisotopic (exact) mass is 988 g/mol. The molecular weight excluding hydrogens is 900 g/mol. The molecule has 0 bridgehead atoms. The number of hydrogen-bond acceptors (Lipinski definition) is 17. The number of hydrogen-bond donors (Lipinski definition) is 5. The zero-order valence-corrected chi connectivity index (χ0v) is 42.3. The number of carbonyl (C=O) groups is 2. The van der Waals surface area contributed by atoms with E-state index in [1.807, 2.05) is 0 Å². The van der Waals surface area contributed by atoms with Crippen LogP contribution in [-0.4, -0.2) is 75.9 Å². The molecule has 0 spiro atoms. The van der Waals surface area contributed by atoms with Crippen molar-refractivity contribution < 1.29 is 66.3 Å². The summed E-state index contributed by atoms with van der Waals surface area (Å²) < 4.78 is 55.7. The second kappa shape index (κ2) is 37.6. The van der Waals surface area contributed by atoms with Gasteiger partial charge in [-0.1, -0.05) is 168 Å². The molecule has 20 nitrogen and oxygen atoms in total. The number of anilines is 1. The number of phosphoric ester groups is 2. The fourth-order valence-corrected chi connectivity index (χ4v) is 9.45. The molecule has 12 N–H and O–H groups in total. The minimum Gasteiger partial charge on any atom is -0.756 e. The molecule has 2 rings (SSSR count). The van der Waals surface area contributed by atoms with Gasteiger partial charge in [-0.3, -0.25) is 23.3 Å². The Kier molecular flexibility index (Phi) is 36.2. The largest absolute Gasteiger partial charge is 0.756 e.